The average Bonchev–Trinajstić information content (AvgIpc) is 2.37. The first-order valence-corrected chi connectivity index (χ1v) is 7.33. The normalized spacial score (nSPS) is 11.3. The molecular weight excluding hydrogens is 298 g/mol. The molecule has 5 N–H and O–H groups in total. The first kappa shape index (κ1) is 14.9. The van der Waals surface area contributed by atoms with Crippen LogP contribution in [0.2, 0.25) is 0 Å². The van der Waals surface area contributed by atoms with E-state index >= 15 is 0 Å². The molecule has 21 heavy (non-hydrogen) atoms. The largest absolute Gasteiger partial charge is 0.385 e. The van der Waals surface area contributed by atoms with Gasteiger partial charge in [0.25, 0.3) is 10.1 Å². The van der Waals surface area contributed by atoms with E-state index in [-0.39, 0.29) is 10.8 Å². The van der Waals surface area contributed by atoms with Crippen molar-refractivity contribution in [2.45, 2.75) is 11.3 Å². The fourth-order valence-corrected chi connectivity index (χ4v) is 2.18. The summed E-state index contributed by atoms with van der Waals surface area (Å²) in [5.74, 6) is 0.257. The van der Waals surface area contributed by atoms with E-state index in [2.05, 4.69) is 20.3 Å². The molecule has 0 atom stereocenters. The quantitative estimate of drug-likeness (QED) is 0.547. The molecule has 2 aromatic rings. The lowest BCUT2D eigenvalue weighted by atomic mass is 10.3. The fraction of sp³-hybridized carbons (Fsp3) is 0.182. The van der Waals surface area contributed by atoms with Gasteiger partial charge in [-0.1, -0.05) is 6.07 Å². The summed E-state index contributed by atoms with van der Waals surface area (Å²) in [4.78, 5) is 20.6. The number of nitrogens with one attached hydrogen (secondary N) is 2. The molecule has 0 saturated heterocycles. The maximum Gasteiger partial charge on any atom is 0.349 e. The second kappa shape index (κ2) is 5.89. The Labute approximate surface area is 120 Å². The third-order valence-corrected chi connectivity index (χ3v) is 3.39. The Kier molecular flexibility index (Phi) is 4.19. The molecule has 2 rings (SSSR count). The Morgan fingerprint density at radius 1 is 1.33 bits per heavy atom. The van der Waals surface area contributed by atoms with Crippen molar-refractivity contribution >= 4 is 21.8 Å². The Balaban J connectivity index is 2.02. The van der Waals surface area contributed by atoms with Crippen molar-refractivity contribution in [2.24, 2.45) is 0 Å². The molecule has 0 amide bonds. The summed E-state index contributed by atoms with van der Waals surface area (Å²) in [7, 11) is -4.24. The maximum atomic E-state index is 11.1. The van der Waals surface area contributed by atoms with Gasteiger partial charge in [-0.3, -0.25) is 9.54 Å². The van der Waals surface area contributed by atoms with E-state index in [1.54, 1.807) is 6.07 Å². The predicted octanol–water partition coefficient (Wildman–Crippen LogP) is -0.352. The van der Waals surface area contributed by atoms with Gasteiger partial charge in [0.15, 0.2) is 0 Å². The molecule has 0 aliphatic heterocycles. The molecule has 112 valence electrons. The smallest absolute Gasteiger partial charge is 0.349 e. The molecule has 0 aliphatic carbocycles. The Hall–Kier alpha value is -2.46. The van der Waals surface area contributed by atoms with Crippen LogP contribution in [0.1, 0.15) is 5.82 Å². The predicted molar refractivity (Wildman–Crippen MR) is 75.5 cm³/mol. The van der Waals surface area contributed by atoms with Gasteiger partial charge in [-0.05, 0) is 18.2 Å². The molecule has 0 saturated carbocycles. The van der Waals surface area contributed by atoms with Crippen molar-refractivity contribution in [3.05, 3.63) is 40.6 Å². The lowest BCUT2D eigenvalue weighted by molar-refractivity contribution is 0.483. The SMILES string of the molecule is Nc1nc(CCNc2cccc(S(=O)(=O)O)c2)[nH]c(=O)n1. The number of nitrogen functional groups attached to an aromatic ring is 1. The van der Waals surface area contributed by atoms with Crippen LogP contribution in [0, 0.1) is 0 Å². The highest BCUT2D eigenvalue weighted by molar-refractivity contribution is 7.85. The van der Waals surface area contributed by atoms with Gasteiger partial charge < -0.3 is 11.1 Å². The van der Waals surface area contributed by atoms with Gasteiger partial charge in [-0.15, -0.1) is 0 Å². The van der Waals surface area contributed by atoms with E-state index in [0.717, 1.165) is 0 Å². The number of aromatic amines is 1. The van der Waals surface area contributed by atoms with Crippen LogP contribution < -0.4 is 16.7 Å². The van der Waals surface area contributed by atoms with Gasteiger partial charge >= 0.3 is 5.69 Å². The molecule has 0 spiro atoms. The lowest BCUT2D eigenvalue weighted by Crippen LogP contribution is -2.19. The molecule has 0 bridgehead atoms. The van der Waals surface area contributed by atoms with Gasteiger partial charge in [0, 0.05) is 18.7 Å². The van der Waals surface area contributed by atoms with Crippen molar-refractivity contribution in [3.8, 4) is 0 Å². The standard InChI is InChI=1S/C11H13N5O4S/c12-10-14-9(15-11(17)16-10)4-5-13-7-2-1-3-8(6-7)21(18,19)20/h1-3,6,13H,4-5H2,(H,18,19,20)(H3,12,14,15,16,17). The zero-order chi connectivity index (χ0) is 15.5. The number of benzene rings is 1. The van der Waals surface area contributed by atoms with E-state index in [9.17, 15) is 13.2 Å². The van der Waals surface area contributed by atoms with Gasteiger partial charge in [0.05, 0.1) is 4.90 Å². The third-order valence-electron chi connectivity index (χ3n) is 2.54. The molecule has 1 aromatic carbocycles. The number of anilines is 2. The highest BCUT2D eigenvalue weighted by Crippen LogP contribution is 2.14. The fourth-order valence-electron chi connectivity index (χ4n) is 1.66. The van der Waals surface area contributed by atoms with Crippen molar-refractivity contribution in [1.29, 1.82) is 0 Å². The first-order chi connectivity index (χ1) is 9.84. The van der Waals surface area contributed by atoms with Gasteiger partial charge in [-0.25, -0.2) is 4.79 Å². The summed E-state index contributed by atoms with van der Waals surface area (Å²) in [5, 5.41) is 2.95. The highest BCUT2D eigenvalue weighted by atomic mass is 32.2. The van der Waals surface area contributed by atoms with Crippen LogP contribution in [0.15, 0.2) is 34.0 Å². The van der Waals surface area contributed by atoms with Crippen LogP contribution in [0.5, 0.6) is 0 Å². The molecular formula is C11H13N5O4S. The zero-order valence-electron chi connectivity index (χ0n) is 10.8. The van der Waals surface area contributed by atoms with Crippen molar-refractivity contribution < 1.29 is 13.0 Å². The van der Waals surface area contributed by atoms with Crippen LogP contribution in [0.3, 0.4) is 0 Å². The molecule has 0 radical (unpaired) electrons. The number of nitrogens with two attached hydrogens (primary N) is 1. The summed E-state index contributed by atoms with van der Waals surface area (Å²) in [6.45, 7) is 0.376. The van der Waals surface area contributed by atoms with E-state index in [4.69, 9.17) is 10.3 Å². The second-order valence-corrected chi connectivity index (χ2v) is 5.56. The van der Waals surface area contributed by atoms with E-state index < -0.39 is 15.8 Å². The Bertz CT molecular complexity index is 802. The number of aromatic nitrogens is 3. The summed E-state index contributed by atoms with van der Waals surface area (Å²) in [5.41, 5.74) is 5.28. The number of hydrogen-bond acceptors (Lipinski definition) is 7. The number of rotatable bonds is 5. The summed E-state index contributed by atoms with van der Waals surface area (Å²) < 4.78 is 31.0. The summed E-state index contributed by atoms with van der Waals surface area (Å²) >= 11 is 0. The molecule has 0 unspecified atom stereocenters. The minimum absolute atomic E-state index is 0.109. The van der Waals surface area contributed by atoms with Crippen LogP contribution >= 0.6 is 0 Å². The molecule has 9 nitrogen and oxygen atoms in total. The lowest BCUT2D eigenvalue weighted by Gasteiger charge is -2.07. The minimum Gasteiger partial charge on any atom is -0.385 e. The first-order valence-electron chi connectivity index (χ1n) is 5.89. The van der Waals surface area contributed by atoms with Crippen LogP contribution in [-0.4, -0.2) is 34.5 Å². The second-order valence-electron chi connectivity index (χ2n) is 4.14. The number of H-pyrrole nitrogens is 1. The Morgan fingerprint density at radius 3 is 2.76 bits per heavy atom. The third kappa shape index (κ3) is 4.26. The molecule has 1 heterocycles. The van der Waals surface area contributed by atoms with Crippen LogP contribution in [-0.2, 0) is 16.5 Å². The van der Waals surface area contributed by atoms with Crippen molar-refractivity contribution in [1.82, 2.24) is 15.0 Å². The molecule has 10 heteroatoms. The maximum absolute atomic E-state index is 11.1. The topological polar surface area (TPSA) is 151 Å². The van der Waals surface area contributed by atoms with Gasteiger partial charge in [-0.2, -0.15) is 18.4 Å². The zero-order valence-corrected chi connectivity index (χ0v) is 11.6. The van der Waals surface area contributed by atoms with Crippen molar-refractivity contribution in [3.63, 3.8) is 0 Å². The minimum atomic E-state index is -4.24. The highest BCUT2D eigenvalue weighted by Gasteiger charge is 2.09. The number of nitrogens with zero attached hydrogens (tertiary/aromatic N) is 2. The molecule has 0 aliphatic rings. The Morgan fingerprint density at radius 2 is 2.10 bits per heavy atom. The summed E-state index contributed by atoms with van der Waals surface area (Å²) in [6, 6.07) is 5.72. The van der Waals surface area contributed by atoms with Crippen LogP contribution in [0.4, 0.5) is 11.6 Å². The van der Waals surface area contributed by atoms with Crippen LogP contribution in [0.25, 0.3) is 0 Å². The molecule has 1 aromatic heterocycles. The van der Waals surface area contributed by atoms with Crippen molar-refractivity contribution in [2.75, 3.05) is 17.6 Å². The molecule has 0 fully saturated rings. The number of hydrogen-bond donors (Lipinski definition) is 4. The monoisotopic (exact) mass is 311 g/mol. The average molecular weight is 311 g/mol. The van der Waals surface area contributed by atoms with Gasteiger partial charge in [0.2, 0.25) is 5.95 Å². The van der Waals surface area contributed by atoms with Gasteiger partial charge in [0.1, 0.15) is 5.82 Å². The summed E-state index contributed by atoms with van der Waals surface area (Å²) in [6.07, 6.45) is 0.359. The van der Waals surface area contributed by atoms with E-state index in [1.807, 2.05) is 0 Å². The van der Waals surface area contributed by atoms with E-state index in [0.29, 0.717) is 24.5 Å². The van der Waals surface area contributed by atoms with E-state index in [1.165, 1.54) is 18.2 Å².